The van der Waals surface area contributed by atoms with Gasteiger partial charge in [-0.05, 0) is 54.8 Å². The summed E-state index contributed by atoms with van der Waals surface area (Å²) >= 11 is 0. The molecule has 1 atom stereocenters. The smallest absolute Gasteiger partial charge is 0.120 e. The first kappa shape index (κ1) is 14.1. The number of benzene rings is 2. The summed E-state index contributed by atoms with van der Waals surface area (Å²) < 4.78 is 5.74. The summed E-state index contributed by atoms with van der Waals surface area (Å²) in [5, 5.41) is 18.4. The van der Waals surface area contributed by atoms with E-state index in [4.69, 9.17) is 10.00 Å². The van der Waals surface area contributed by atoms with Crippen LogP contribution in [0.25, 0.3) is 0 Å². The predicted molar refractivity (Wildman–Crippen MR) is 77.3 cm³/mol. The third-order valence-corrected chi connectivity index (χ3v) is 3.21. The number of aliphatic hydroxyl groups is 1. The Morgan fingerprint density at radius 3 is 2.70 bits per heavy atom. The van der Waals surface area contributed by atoms with E-state index in [1.54, 1.807) is 13.0 Å². The summed E-state index contributed by atoms with van der Waals surface area (Å²) in [6.07, 6.45) is -0.504. The Kier molecular flexibility index (Phi) is 4.39. The van der Waals surface area contributed by atoms with Crippen LogP contribution in [0, 0.1) is 18.3 Å². The first-order valence-corrected chi connectivity index (χ1v) is 6.50. The van der Waals surface area contributed by atoms with Crippen LogP contribution in [-0.4, -0.2) is 5.11 Å². The Balaban J connectivity index is 2.09. The number of aliphatic hydroxyl groups excluding tert-OH is 1. The zero-order valence-electron chi connectivity index (χ0n) is 11.6. The minimum absolute atomic E-state index is 0.445. The second-order valence-electron chi connectivity index (χ2n) is 4.79. The van der Waals surface area contributed by atoms with Gasteiger partial charge in [0.2, 0.25) is 0 Å². The summed E-state index contributed by atoms with van der Waals surface area (Å²) in [5.74, 6) is 0.729. The third kappa shape index (κ3) is 3.37. The van der Waals surface area contributed by atoms with Crippen LogP contribution in [0.2, 0.25) is 0 Å². The van der Waals surface area contributed by atoms with Gasteiger partial charge >= 0.3 is 0 Å². The topological polar surface area (TPSA) is 53.2 Å². The Labute approximate surface area is 119 Å². The quantitative estimate of drug-likeness (QED) is 0.922. The van der Waals surface area contributed by atoms with E-state index in [-0.39, 0.29) is 0 Å². The first-order valence-electron chi connectivity index (χ1n) is 6.50. The Bertz CT molecular complexity index is 642. The number of hydrogen-bond donors (Lipinski definition) is 1. The Morgan fingerprint density at radius 2 is 2.05 bits per heavy atom. The molecular formula is C17H17NO2. The number of nitrogens with zero attached hydrogens (tertiary/aromatic N) is 1. The SMILES string of the molecule is Cc1cc(C#N)ccc1COc1cccc([C@H](C)O)c1. The van der Waals surface area contributed by atoms with Crippen molar-refractivity contribution in [2.45, 2.75) is 26.6 Å². The van der Waals surface area contributed by atoms with E-state index in [1.165, 1.54) is 0 Å². The van der Waals surface area contributed by atoms with Crippen LogP contribution >= 0.6 is 0 Å². The molecule has 1 N–H and O–H groups in total. The largest absolute Gasteiger partial charge is 0.489 e. The van der Waals surface area contributed by atoms with Gasteiger partial charge in [0, 0.05) is 0 Å². The number of aryl methyl sites for hydroxylation is 1. The molecule has 20 heavy (non-hydrogen) atoms. The van der Waals surface area contributed by atoms with Gasteiger partial charge < -0.3 is 9.84 Å². The van der Waals surface area contributed by atoms with E-state index in [9.17, 15) is 5.11 Å². The molecule has 0 saturated heterocycles. The third-order valence-electron chi connectivity index (χ3n) is 3.21. The molecule has 0 spiro atoms. The molecule has 2 aromatic carbocycles. The molecule has 0 radical (unpaired) electrons. The van der Waals surface area contributed by atoms with Crippen LogP contribution in [0.1, 0.15) is 35.3 Å². The highest BCUT2D eigenvalue weighted by Gasteiger charge is 2.04. The first-order chi connectivity index (χ1) is 9.60. The molecule has 0 saturated carbocycles. The van der Waals surface area contributed by atoms with Crippen molar-refractivity contribution < 1.29 is 9.84 Å². The van der Waals surface area contributed by atoms with Crippen molar-refractivity contribution in [2.24, 2.45) is 0 Å². The predicted octanol–water partition coefficient (Wildman–Crippen LogP) is 3.50. The maximum atomic E-state index is 9.55. The molecule has 0 heterocycles. The summed E-state index contributed by atoms with van der Waals surface area (Å²) in [7, 11) is 0. The second-order valence-corrected chi connectivity index (χ2v) is 4.79. The summed E-state index contributed by atoms with van der Waals surface area (Å²) in [5.41, 5.74) is 3.57. The van der Waals surface area contributed by atoms with Gasteiger partial charge in [-0.3, -0.25) is 0 Å². The maximum Gasteiger partial charge on any atom is 0.120 e. The Morgan fingerprint density at radius 1 is 1.25 bits per heavy atom. The molecule has 0 aliphatic rings. The van der Waals surface area contributed by atoms with Crippen LogP contribution in [0.3, 0.4) is 0 Å². The van der Waals surface area contributed by atoms with Crippen LogP contribution in [-0.2, 0) is 6.61 Å². The molecule has 0 bridgehead atoms. The number of hydrogen-bond acceptors (Lipinski definition) is 3. The van der Waals surface area contributed by atoms with E-state index >= 15 is 0 Å². The van der Waals surface area contributed by atoms with Gasteiger partial charge in [-0.15, -0.1) is 0 Å². The molecule has 0 aliphatic carbocycles. The minimum Gasteiger partial charge on any atom is -0.489 e. The fourth-order valence-electron chi connectivity index (χ4n) is 1.95. The Hall–Kier alpha value is -2.31. The average Bonchev–Trinajstić information content (AvgIpc) is 2.46. The molecule has 0 aromatic heterocycles. The van der Waals surface area contributed by atoms with E-state index in [1.807, 2.05) is 43.3 Å². The molecule has 102 valence electrons. The van der Waals surface area contributed by atoms with Crippen molar-refractivity contribution in [1.82, 2.24) is 0 Å². The van der Waals surface area contributed by atoms with E-state index in [0.717, 1.165) is 22.4 Å². The van der Waals surface area contributed by atoms with Crippen molar-refractivity contribution in [3.8, 4) is 11.8 Å². The van der Waals surface area contributed by atoms with Crippen molar-refractivity contribution in [3.63, 3.8) is 0 Å². The molecule has 3 nitrogen and oxygen atoms in total. The lowest BCUT2D eigenvalue weighted by molar-refractivity contribution is 0.198. The molecule has 2 rings (SSSR count). The van der Waals surface area contributed by atoms with Crippen LogP contribution in [0.15, 0.2) is 42.5 Å². The lowest BCUT2D eigenvalue weighted by Gasteiger charge is -2.11. The van der Waals surface area contributed by atoms with Crippen molar-refractivity contribution in [3.05, 3.63) is 64.7 Å². The molecular weight excluding hydrogens is 250 g/mol. The van der Waals surface area contributed by atoms with Crippen LogP contribution < -0.4 is 4.74 Å². The second kappa shape index (κ2) is 6.23. The lowest BCUT2D eigenvalue weighted by atomic mass is 10.1. The number of nitriles is 1. The normalized spacial score (nSPS) is 11.7. The highest BCUT2D eigenvalue weighted by atomic mass is 16.5. The fraction of sp³-hybridized carbons (Fsp3) is 0.235. The zero-order chi connectivity index (χ0) is 14.5. The summed E-state index contributed by atoms with van der Waals surface area (Å²) in [6.45, 7) is 4.14. The zero-order valence-corrected chi connectivity index (χ0v) is 11.6. The van der Waals surface area contributed by atoms with Gasteiger partial charge in [0.15, 0.2) is 0 Å². The van der Waals surface area contributed by atoms with E-state index in [0.29, 0.717) is 12.2 Å². The molecule has 0 unspecified atom stereocenters. The molecule has 3 heteroatoms. The number of ether oxygens (including phenoxy) is 1. The monoisotopic (exact) mass is 267 g/mol. The van der Waals surface area contributed by atoms with Crippen molar-refractivity contribution >= 4 is 0 Å². The van der Waals surface area contributed by atoms with Crippen molar-refractivity contribution in [1.29, 1.82) is 5.26 Å². The molecule has 0 fully saturated rings. The van der Waals surface area contributed by atoms with Gasteiger partial charge in [0.25, 0.3) is 0 Å². The minimum atomic E-state index is -0.504. The van der Waals surface area contributed by atoms with Gasteiger partial charge in [-0.2, -0.15) is 5.26 Å². The molecule has 2 aromatic rings. The molecule has 0 aliphatic heterocycles. The van der Waals surface area contributed by atoms with Gasteiger partial charge in [0.05, 0.1) is 17.7 Å². The van der Waals surface area contributed by atoms with Gasteiger partial charge in [-0.1, -0.05) is 18.2 Å². The van der Waals surface area contributed by atoms with Crippen molar-refractivity contribution in [2.75, 3.05) is 0 Å². The number of rotatable bonds is 4. The lowest BCUT2D eigenvalue weighted by Crippen LogP contribution is -1.99. The summed E-state index contributed by atoms with van der Waals surface area (Å²) in [6, 6.07) is 15.1. The fourth-order valence-corrected chi connectivity index (χ4v) is 1.95. The molecule has 0 amide bonds. The highest BCUT2D eigenvalue weighted by Crippen LogP contribution is 2.20. The van der Waals surface area contributed by atoms with Gasteiger partial charge in [0.1, 0.15) is 12.4 Å². The van der Waals surface area contributed by atoms with Crippen LogP contribution in [0.5, 0.6) is 5.75 Å². The van der Waals surface area contributed by atoms with Gasteiger partial charge in [-0.25, -0.2) is 0 Å². The highest BCUT2D eigenvalue weighted by molar-refractivity contribution is 5.37. The summed E-state index contributed by atoms with van der Waals surface area (Å²) in [4.78, 5) is 0. The standard InChI is InChI=1S/C17H17NO2/c1-12-8-14(10-18)6-7-16(12)11-20-17-5-3-4-15(9-17)13(2)19/h3-9,13,19H,11H2,1-2H3/t13-/m0/s1. The van der Waals surface area contributed by atoms with E-state index < -0.39 is 6.10 Å². The van der Waals surface area contributed by atoms with E-state index in [2.05, 4.69) is 6.07 Å². The van der Waals surface area contributed by atoms with Crippen LogP contribution in [0.4, 0.5) is 0 Å². The average molecular weight is 267 g/mol. The maximum absolute atomic E-state index is 9.55.